The Morgan fingerprint density at radius 1 is 1.09 bits per heavy atom. The fraction of sp³-hybridized carbons (Fsp3) is 0.375. The molecule has 0 radical (unpaired) electrons. The zero-order valence-corrected chi connectivity index (χ0v) is 11.8. The molecular weight excluding hydrogens is 293 g/mol. The Labute approximate surface area is 125 Å². The Morgan fingerprint density at radius 2 is 1.82 bits per heavy atom. The summed E-state index contributed by atoms with van der Waals surface area (Å²) in [6.07, 6.45) is -0.712. The number of aromatic nitrogens is 2. The molecule has 0 atom stereocenters. The molecule has 3 rings (SSSR count). The minimum atomic E-state index is -4.31. The van der Waals surface area contributed by atoms with Crippen LogP contribution in [0.15, 0.2) is 29.1 Å². The topological polar surface area (TPSA) is 45.8 Å². The lowest BCUT2D eigenvalue weighted by Crippen LogP contribution is -2.17. The molecule has 22 heavy (non-hydrogen) atoms. The number of aromatic amines is 1. The molecule has 1 N–H and O–H groups in total. The van der Waals surface area contributed by atoms with Gasteiger partial charge < -0.3 is 4.98 Å². The Hall–Kier alpha value is -2.11. The summed E-state index contributed by atoms with van der Waals surface area (Å²) in [6, 6.07) is 5.09. The SMILES string of the molecule is O=c1[nH]c(CCc2ccc(C(F)(F)F)cc2)nc2c1CCC2. The first-order valence-corrected chi connectivity index (χ1v) is 7.20. The van der Waals surface area contributed by atoms with Crippen molar-refractivity contribution in [2.75, 3.05) is 0 Å². The Bertz CT molecular complexity index is 733. The van der Waals surface area contributed by atoms with E-state index < -0.39 is 11.7 Å². The van der Waals surface area contributed by atoms with Crippen LogP contribution in [-0.4, -0.2) is 9.97 Å². The number of hydrogen-bond donors (Lipinski definition) is 1. The smallest absolute Gasteiger partial charge is 0.310 e. The second-order valence-corrected chi connectivity index (χ2v) is 5.49. The molecule has 0 aliphatic heterocycles. The molecule has 1 aliphatic rings. The molecule has 1 aromatic heterocycles. The Kier molecular flexibility index (Phi) is 3.76. The van der Waals surface area contributed by atoms with Crippen molar-refractivity contribution in [2.24, 2.45) is 0 Å². The van der Waals surface area contributed by atoms with Crippen molar-refractivity contribution in [1.82, 2.24) is 9.97 Å². The van der Waals surface area contributed by atoms with Crippen LogP contribution in [0.1, 0.15) is 34.6 Å². The third kappa shape index (κ3) is 3.05. The van der Waals surface area contributed by atoms with E-state index >= 15 is 0 Å². The van der Waals surface area contributed by atoms with E-state index in [-0.39, 0.29) is 5.56 Å². The van der Waals surface area contributed by atoms with Gasteiger partial charge >= 0.3 is 6.18 Å². The molecule has 0 fully saturated rings. The average molecular weight is 308 g/mol. The molecule has 0 saturated heterocycles. The molecule has 2 aromatic rings. The summed E-state index contributed by atoms with van der Waals surface area (Å²) in [5.41, 5.74) is 1.70. The Morgan fingerprint density at radius 3 is 2.50 bits per heavy atom. The lowest BCUT2D eigenvalue weighted by Gasteiger charge is -2.08. The van der Waals surface area contributed by atoms with E-state index in [1.807, 2.05) is 0 Å². The monoisotopic (exact) mass is 308 g/mol. The third-order valence-electron chi connectivity index (χ3n) is 3.92. The van der Waals surface area contributed by atoms with Gasteiger partial charge in [0.2, 0.25) is 0 Å². The molecule has 1 aromatic carbocycles. The average Bonchev–Trinajstić information content (AvgIpc) is 2.93. The van der Waals surface area contributed by atoms with Crippen LogP contribution in [0, 0.1) is 0 Å². The van der Waals surface area contributed by atoms with Gasteiger partial charge in [-0.1, -0.05) is 12.1 Å². The van der Waals surface area contributed by atoms with Crippen LogP contribution in [-0.2, 0) is 31.9 Å². The van der Waals surface area contributed by atoms with Gasteiger partial charge in [0.1, 0.15) is 5.82 Å². The second kappa shape index (κ2) is 5.59. The lowest BCUT2D eigenvalue weighted by molar-refractivity contribution is -0.137. The van der Waals surface area contributed by atoms with Gasteiger partial charge in [0, 0.05) is 12.0 Å². The predicted octanol–water partition coefficient (Wildman–Crippen LogP) is 3.06. The number of H-pyrrole nitrogens is 1. The van der Waals surface area contributed by atoms with Crippen molar-refractivity contribution in [3.05, 3.63) is 62.8 Å². The molecule has 0 saturated carbocycles. The maximum atomic E-state index is 12.5. The highest BCUT2D eigenvalue weighted by molar-refractivity contribution is 5.26. The van der Waals surface area contributed by atoms with E-state index in [4.69, 9.17) is 0 Å². The second-order valence-electron chi connectivity index (χ2n) is 5.49. The highest BCUT2D eigenvalue weighted by atomic mass is 19.4. The van der Waals surface area contributed by atoms with Crippen molar-refractivity contribution < 1.29 is 13.2 Å². The summed E-state index contributed by atoms with van der Waals surface area (Å²) >= 11 is 0. The lowest BCUT2D eigenvalue weighted by atomic mass is 10.1. The van der Waals surface area contributed by atoms with Crippen LogP contribution in [0.3, 0.4) is 0 Å². The van der Waals surface area contributed by atoms with E-state index in [1.54, 1.807) is 0 Å². The van der Waals surface area contributed by atoms with E-state index in [0.29, 0.717) is 18.7 Å². The van der Waals surface area contributed by atoms with E-state index in [2.05, 4.69) is 9.97 Å². The Balaban J connectivity index is 1.71. The van der Waals surface area contributed by atoms with E-state index in [9.17, 15) is 18.0 Å². The van der Waals surface area contributed by atoms with Gasteiger partial charge in [-0.15, -0.1) is 0 Å². The molecule has 0 bridgehead atoms. The fourth-order valence-corrected chi connectivity index (χ4v) is 2.73. The predicted molar refractivity (Wildman–Crippen MR) is 75.7 cm³/mol. The van der Waals surface area contributed by atoms with Crippen molar-refractivity contribution in [3.8, 4) is 0 Å². The van der Waals surface area contributed by atoms with Gasteiger partial charge in [-0.25, -0.2) is 4.98 Å². The van der Waals surface area contributed by atoms with Gasteiger partial charge in [0.25, 0.3) is 5.56 Å². The number of hydrogen-bond acceptors (Lipinski definition) is 2. The zero-order valence-electron chi connectivity index (χ0n) is 11.8. The fourth-order valence-electron chi connectivity index (χ4n) is 2.73. The van der Waals surface area contributed by atoms with Crippen molar-refractivity contribution >= 4 is 0 Å². The minimum Gasteiger partial charge on any atom is -0.310 e. The number of nitrogens with zero attached hydrogens (tertiary/aromatic N) is 1. The van der Waals surface area contributed by atoms with Gasteiger partial charge in [-0.05, 0) is 43.4 Å². The van der Waals surface area contributed by atoms with E-state index in [1.165, 1.54) is 12.1 Å². The maximum Gasteiger partial charge on any atom is 0.416 e. The molecule has 0 unspecified atom stereocenters. The zero-order chi connectivity index (χ0) is 15.7. The molecule has 0 amide bonds. The molecule has 1 aliphatic carbocycles. The highest BCUT2D eigenvalue weighted by Gasteiger charge is 2.29. The summed E-state index contributed by atoms with van der Waals surface area (Å²) < 4.78 is 37.5. The molecule has 3 nitrogen and oxygen atoms in total. The quantitative estimate of drug-likeness (QED) is 0.947. The first-order valence-electron chi connectivity index (χ1n) is 7.20. The van der Waals surface area contributed by atoms with Gasteiger partial charge in [-0.2, -0.15) is 13.2 Å². The first kappa shape index (κ1) is 14.8. The number of rotatable bonds is 3. The molecule has 1 heterocycles. The largest absolute Gasteiger partial charge is 0.416 e. The number of benzene rings is 1. The van der Waals surface area contributed by atoms with Crippen molar-refractivity contribution in [2.45, 2.75) is 38.3 Å². The molecule has 6 heteroatoms. The number of halogens is 3. The highest BCUT2D eigenvalue weighted by Crippen LogP contribution is 2.29. The van der Waals surface area contributed by atoms with Gasteiger partial charge in [0.05, 0.1) is 11.3 Å². The summed E-state index contributed by atoms with van der Waals surface area (Å²) in [5.74, 6) is 0.602. The first-order chi connectivity index (χ1) is 10.4. The number of fused-ring (bicyclic) bond motifs is 1. The number of alkyl halides is 3. The van der Waals surface area contributed by atoms with Crippen LogP contribution >= 0.6 is 0 Å². The minimum absolute atomic E-state index is 0.0788. The molecular formula is C16H15F3N2O. The standard InChI is InChI=1S/C16H15F3N2O/c17-16(18,19)11-7-4-10(5-8-11)6-9-14-20-13-3-1-2-12(13)15(22)21-14/h4-5,7-8H,1-3,6,9H2,(H,20,21,22). The summed E-state index contributed by atoms with van der Waals surface area (Å²) in [4.78, 5) is 19.1. The number of nitrogens with one attached hydrogen (secondary N) is 1. The van der Waals surface area contributed by atoms with Crippen LogP contribution in [0.5, 0.6) is 0 Å². The van der Waals surface area contributed by atoms with Crippen LogP contribution in [0.4, 0.5) is 13.2 Å². The molecule has 116 valence electrons. The van der Waals surface area contributed by atoms with Crippen molar-refractivity contribution in [1.29, 1.82) is 0 Å². The third-order valence-corrected chi connectivity index (χ3v) is 3.92. The summed E-state index contributed by atoms with van der Waals surface area (Å²) in [6.45, 7) is 0. The van der Waals surface area contributed by atoms with Gasteiger partial charge in [-0.3, -0.25) is 4.79 Å². The number of aryl methyl sites for hydroxylation is 3. The summed E-state index contributed by atoms with van der Waals surface area (Å²) in [7, 11) is 0. The molecule has 0 spiro atoms. The van der Waals surface area contributed by atoms with Crippen LogP contribution in [0.25, 0.3) is 0 Å². The van der Waals surface area contributed by atoms with Crippen LogP contribution in [0.2, 0.25) is 0 Å². The normalized spacial score (nSPS) is 14.1. The summed E-state index contributed by atoms with van der Waals surface area (Å²) in [5, 5.41) is 0. The van der Waals surface area contributed by atoms with E-state index in [0.717, 1.165) is 48.2 Å². The van der Waals surface area contributed by atoms with Crippen molar-refractivity contribution in [3.63, 3.8) is 0 Å². The maximum absolute atomic E-state index is 12.5. The van der Waals surface area contributed by atoms with Crippen LogP contribution < -0.4 is 5.56 Å². The van der Waals surface area contributed by atoms with Gasteiger partial charge in [0.15, 0.2) is 0 Å².